The monoisotopic (exact) mass is 404 g/mol. The highest BCUT2D eigenvalue weighted by atomic mass is 32.1. The van der Waals surface area contributed by atoms with E-state index in [2.05, 4.69) is 10.4 Å². The summed E-state index contributed by atoms with van der Waals surface area (Å²) in [5.41, 5.74) is 3.14. The van der Waals surface area contributed by atoms with Crippen LogP contribution in [0.1, 0.15) is 35.3 Å². The number of fused-ring (bicyclic) bond motifs is 2. The number of carbonyl (C=O) groups is 1. The molecule has 5 rings (SSSR count). The maximum atomic E-state index is 13.3. The number of ether oxygens (including phenoxy) is 1. The van der Waals surface area contributed by atoms with E-state index in [0.29, 0.717) is 18.7 Å². The Bertz CT molecular complexity index is 1180. The molecule has 0 bridgehead atoms. The Hall–Kier alpha value is -3.19. The fourth-order valence-corrected chi connectivity index (χ4v) is 4.43. The molecule has 29 heavy (non-hydrogen) atoms. The maximum Gasteiger partial charge on any atom is 0.252 e. The number of benzene rings is 1. The molecular formula is C22H20N4O2S. The third-order valence-corrected chi connectivity index (χ3v) is 6.08. The first-order valence-electron chi connectivity index (χ1n) is 9.67. The topological polar surface area (TPSA) is 69.0 Å². The van der Waals surface area contributed by atoms with E-state index in [-0.39, 0.29) is 11.9 Å². The average molecular weight is 404 g/mol. The first-order chi connectivity index (χ1) is 14.2. The zero-order valence-corrected chi connectivity index (χ0v) is 16.8. The summed E-state index contributed by atoms with van der Waals surface area (Å²) < 4.78 is 7.55. The van der Waals surface area contributed by atoms with Crippen LogP contribution in [0.5, 0.6) is 5.75 Å². The maximum absolute atomic E-state index is 13.3. The number of pyridine rings is 1. The van der Waals surface area contributed by atoms with E-state index >= 15 is 0 Å². The summed E-state index contributed by atoms with van der Waals surface area (Å²) in [7, 11) is 0. The van der Waals surface area contributed by atoms with Crippen LogP contribution in [0.2, 0.25) is 0 Å². The van der Waals surface area contributed by atoms with E-state index < -0.39 is 0 Å². The number of aromatic nitrogens is 3. The highest BCUT2D eigenvalue weighted by Gasteiger charge is 2.25. The minimum absolute atomic E-state index is 0.0814. The summed E-state index contributed by atoms with van der Waals surface area (Å²) in [5.74, 6) is 0.717. The van der Waals surface area contributed by atoms with E-state index in [9.17, 15) is 4.79 Å². The van der Waals surface area contributed by atoms with Crippen LogP contribution in [0.4, 0.5) is 0 Å². The first kappa shape index (κ1) is 17.9. The summed E-state index contributed by atoms with van der Waals surface area (Å²) in [4.78, 5) is 19.2. The largest absolute Gasteiger partial charge is 0.493 e. The van der Waals surface area contributed by atoms with Crippen LogP contribution < -0.4 is 10.1 Å². The van der Waals surface area contributed by atoms with E-state index in [4.69, 9.17) is 9.72 Å². The molecule has 146 valence electrons. The van der Waals surface area contributed by atoms with Gasteiger partial charge in [0.25, 0.3) is 5.91 Å². The Balaban J connectivity index is 1.56. The van der Waals surface area contributed by atoms with Gasteiger partial charge in [0.2, 0.25) is 0 Å². The van der Waals surface area contributed by atoms with Gasteiger partial charge in [-0.2, -0.15) is 5.10 Å². The molecule has 4 heterocycles. The second-order valence-corrected chi connectivity index (χ2v) is 7.88. The van der Waals surface area contributed by atoms with Crippen molar-refractivity contribution in [2.45, 2.75) is 25.9 Å². The van der Waals surface area contributed by atoms with Gasteiger partial charge in [0.1, 0.15) is 5.75 Å². The van der Waals surface area contributed by atoms with Gasteiger partial charge in [-0.1, -0.05) is 24.3 Å². The van der Waals surface area contributed by atoms with Gasteiger partial charge in [-0.3, -0.25) is 4.79 Å². The van der Waals surface area contributed by atoms with Gasteiger partial charge >= 0.3 is 0 Å². The smallest absolute Gasteiger partial charge is 0.252 e. The fourth-order valence-electron chi connectivity index (χ4n) is 3.75. The van der Waals surface area contributed by atoms with Crippen molar-refractivity contribution in [1.29, 1.82) is 0 Å². The minimum atomic E-state index is -0.118. The predicted octanol–water partition coefficient (Wildman–Crippen LogP) is 4.43. The van der Waals surface area contributed by atoms with Crippen LogP contribution in [0.25, 0.3) is 21.6 Å². The Morgan fingerprint density at radius 1 is 1.31 bits per heavy atom. The van der Waals surface area contributed by atoms with Gasteiger partial charge in [0, 0.05) is 18.5 Å². The molecule has 1 amide bonds. The number of aryl methyl sites for hydroxylation is 1. The zero-order valence-electron chi connectivity index (χ0n) is 16.0. The van der Waals surface area contributed by atoms with Crippen molar-refractivity contribution < 1.29 is 9.53 Å². The molecule has 0 aliphatic carbocycles. The normalized spacial score (nSPS) is 15.7. The van der Waals surface area contributed by atoms with Crippen molar-refractivity contribution in [3.8, 4) is 16.3 Å². The lowest BCUT2D eigenvalue weighted by atomic mass is 10.00. The number of nitrogens with zero attached hydrogens (tertiary/aromatic N) is 3. The number of hydrogen-bond acceptors (Lipinski definition) is 5. The molecule has 0 saturated carbocycles. The van der Waals surface area contributed by atoms with E-state index in [1.54, 1.807) is 17.5 Å². The quantitative estimate of drug-likeness (QED) is 0.546. The number of rotatable bonds is 4. The number of amides is 1. The molecule has 1 atom stereocenters. The molecular weight excluding hydrogens is 384 g/mol. The Labute approximate surface area is 172 Å². The Kier molecular flexibility index (Phi) is 4.52. The van der Waals surface area contributed by atoms with Gasteiger partial charge in [0.15, 0.2) is 5.65 Å². The third-order valence-electron chi connectivity index (χ3n) is 5.19. The van der Waals surface area contributed by atoms with E-state index in [1.807, 2.05) is 59.5 Å². The van der Waals surface area contributed by atoms with Crippen molar-refractivity contribution in [2.75, 3.05) is 6.61 Å². The molecule has 6 nitrogen and oxygen atoms in total. The molecule has 0 fully saturated rings. The molecule has 1 N–H and O–H groups in total. The number of para-hydroxylation sites is 1. The molecule has 1 aliphatic rings. The number of nitrogens with one attached hydrogen (secondary N) is 1. The molecule has 3 aromatic heterocycles. The van der Waals surface area contributed by atoms with Crippen LogP contribution in [-0.2, 0) is 6.54 Å². The zero-order chi connectivity index (χ0) is 19.8. The molecule has 0 saturated heterocycles. The summed E-state index contributed by atoms with van der Waals surface area (Å²) >= 11 is 1.61. The second kappa shape index (κ2) is 7.33. The van der Waals surface area contributed by atoms with Crippen molar-refractivity contribution in [1.82, 2.24) is 20.1 Å². The highest BCUT2D eigenvalue weighted by molar-refractivity contribution is 7.13. The number of hydrogen-bond donors (Lipinski definition) is 1. The lowest BCUT2D eigenvalue weighted by Crippen LogP contribution is -2.32. The van der Waals surface area contributed by atoms with Crippen LogP contribution in [0.3, 0.4) is 0 Å². The molecule has 0 spiro atoms. The average Bonchev–Trinajstić information content (AvgIpc) is 3.43. The fraction of sp³-hybridized carbons (Fsp3) is 0.227. The molecule has 7 heteroatoms. The van der Waals surface area contributed by atoms with Crippen LogP contribution >= 0.6 is 11.3 Å². The minimum Gasteiger partial charge on any atom is -0.493 e. The molecule has 0 radical (unpaired) electrons. The van der Waals surface area contributed by atoms with Crippen molar-refractivity contribution in [2.24, 2.45) is 0 Å². The van der Waals surface area contributed by atoms with Gasteiger partial charge < -0.3 is 10.1 Å². The summed E-state index contributed by atoms with van der Waals surface area (Å²) in [6, 6.07) is 13.7. The van der Waals surface area contributed by atoms with Crippen LogP contribution in [0, 0.1) is 0 Å². The molecule has 1 aromatic carbocycles. The highest BCUT2D eigenvalue weighted by Crippen LogP contribution is 2.33. The third kappa shape index (κ3) is 3.17. The van der Waals surface area contributed by atoms with Crippen molar-refractivity contribution in [3.05, 3.63) is 65.2 Å². The van der Waals surface area contributed by atoms with Crippen LogP contribution in [-0.4, -0.2) is 27.3 Å². The summed E-state index contributed by atoms with van der Waals surface area (Å²) in [5, 5.41) is 10.4. The summed E-state index contributed by atoms with van der Waals surface area (Å²) in [6.07, 6.45) is 2.47. The Morgan fingerprint density at radius 3 is 3.03 bits per heavy atom. The van der Waals surface area contributed by atoms with Gasteiger partial charge in [-0.15, -0.1) is 11.3 Å². The number of thiophene rings is 1. The van der Waals surface area contributed by atoms with Gasteiger partial charge in [-0.25, -0.2) is 9.67 Å². The Morgan fingerprint density at radius 2 is 2.21 bits per heavy atom. The van der Waals surface area contributed by atoms with Crippen molar-refractivity contribution in [3.63, 3.8) is 0 Å². The van der Waals surface area contributed by atoms with Crippen molar-refractivity contribution >= 4 is 28.3 Å². The second-order valence-electron chi connectivity index (χ2n) is 6.93. The molecule has 1 aliphatic heterocycles. The molecule has 1 unspecified atom stereocenters. The van der Waals surface area contributed by atoms with Gasteiger partial charge in [0.05, 0.1) is 40.4 Å². The summed E-state index contributed by atoms with van der Waals surface area (Å²) in [6.45, 7) is 3.30. The lowest BCUT2D eigenvalue weighted by molar-refractivity contribution is 0.0926. The molecule has 4 aromatic rings. The standard InChI is InChI=1S/C22H20N4O2S/c1-2-26-21-16(13-23-26)15(12-18(24-21)20-8-5-11-29-20)22(27)25-17-9-10-28-19-7-4-3-6-14(17)19/h3-8,11-13,17H,2,9-10H2,1H3,(H,25,27). The lowest BCUT2D eigenvalue weighted by Gasteiger charge is -2.26. The van der Waals surface area contributed by atoms with Gasteiger partial charge in [-0.05, 0) is 30.5 Å². The SMILES string of the molecule is CCn1ncc2c(C(=O)NC3CCOc4ccccc43)cc(-c3cccs3)nc21. The first-order valence-corrected chi connectivity index (χ1v) is 10.6. The number of carbonyl (C=O) groups excluding carboxylic acids is 1. The van der Waals surface area contributed by atoms with E-state index in [1.165, 1.54) is 0 Å². The van der Waals surface area contributed by atoms with E-state index in [0.717, 1.165) is 39.3 Å². The van der Waals surface area contributed by atoms with Crippen LogP contribution in [0.15, 0.2) is 54.0 Å². The predicted molar refractivity (Wildman–Crippen MR) is 113 cm³/mol.